The van der Waals surface area contributed by atoms with Crippen molar-refractivity contribution in [3.63, 3.8) is 0 Å². The summed E-state index contributed by atoms with van der Waals surface area (Å²) < 4.78 is 35.1. The van der Waals surface area contributed by atoms with E-state index in [1.54, 1.807) is 56.3 Å². The van der Waals surface area contributed by atoms with Crippen LogP contribution in [0.15, 0.2) is 77.7 Å². The lowest BCUT2D eigenvalue weighted by Gasteiger charge is -2.42. The molecule has 3 aromatic rings. The molecule has 2 atom stereocenters. The Balaban J connectivity index is 1.57. The van der Waals surface area contributed by atoms with Crippen LogP contribution < -0.4 is 14.8 Å². The molecule has 3 N–H and O–H groups in total. The minimum atomic E-state index is -3.93. The number of hydrogen-bond acceptors (Lipinski definition) is 5. The summed E-state index contributed by atoms with van der Waals surface area (Å²) in [6, 6.07) is 20.6. The fourth-order valence-corrected chi connectivity index (χ4v) is 5.49. The maximum Gasteiger partial charge on any atom is 0.241 e. The molecule has 0 spiro atoms. The predicted octanol–water partition coefficient (Wildman–Crippen LogP) is 3.66. The number of carbonyl (C=O) groups excluding carboxylic acids is 1. The Kier molecular flexibility index (Phi) is 7.49. The minimum Gasteiger partial charge on any atom is -0.485 e. The molecule has 8 heteroatoms. The van der Waals surface area contributed by atoms with E-state index in [-0.39, 0.29) is 17.2 Å². The van der Waals surface area contributed by atoms with E-state index in [9.17, 15) is 18.3 Å². The van der Waals surface area contributed by atoms with E-state index in [4.69, 9.17) is 4.74 Å². The Morgan fingerprint density at radius 1 is 0.972 bits per heavy atom. The fraction of sp³-hybridized carbons (Fsp3) is 0.321. The normalized spacial score (nSPS) is 18.7. The zero-order valence-electron chi connectivity index (χ0n) is 20.7. The molecule has 0 aromatic heterocycles. The zero-order valence-corrected chi connectivity index (χ0v) is 21.5. The summed E-state index contributed by atoms with van der Waals surface area (Å²) in [5.74, 6) is 0.303. The third kappa shape index (κ3) is 5.78. The van der Waals surface area contributed by atoms with E-state index in [1.165, 1.54) is 0 Å². The second kappa shape index (κ2) is 10.4. The number of hydrogen-bond donors (Lipinski definition) is 3. The van der Waals surface area contributed by atoms with Gasteiger partial charge in [0.25, 0.3) is 0 Å². The molecule has 0 saturated carbocycles. The molecular weight excluding hydrogens is 476 g/mol. The molecule has 0 aliphatic carbocycles. The van der Waals surface area contributed by atoms with Gasteiger partial charge < -0.3 is 15.2 Å². The first kappa shape index (κ1) is 25.9. The molecule has 4 rings (SSSR count). The maximum absolute atomic E-state index is 13.2. The number of aliphatic hydroxyl groups is 1. The van der Waals surface area contributed by atoms with Crippen LogP contribution in [0.4, 0.5) is 0 Å². The Labute approximate surface area is 212 Å². The van der Waals surface area contributed by atoms with E-state index in [0.29, 0.717) is 23.4 Å². The number of aryl methyl sites for hydroxylation is 1. The van der Waals surface area contributed by atoms with Crippen LogP contribution in [0, 0.1) is 0 Å². The monoisotopic (exact) mass is 508 g/mol. The second-order valence-electron chi connectivity index (χ2n) is 9.56. The number of aliphatic hydroxyl groups excluding tert-OH is 1. The van der Waals surface area contributed by atoms with Crippen LogP contribution in [0.5, 0.6) is 5.75 Å². The quantitative estimate of drug-likeness (QED) is 0.431. The van der Waals surface area contributed by atoms with Crippen LogP contribution in [-0.4, -0.2) is 31.1 Å². The van der Waals surface area contributed by atoms with Gasteiger partial charge in [-0.2, -0.15) is 0 Å². The average Bonchev–Trinajstić information content (AvgIpc) is 2.86. The topological polar surface area (TPSA) is 105 Å². The lowest BCUT2D eigenvalue weighted by molar-refractivity contribution is -0.120. The van der Waals surface area contributed by atoms with Crippen molar-refractivity contribution < 1.29 is 23.1 Å². The van der Waals surface area contributed by atoms with Crippen LogP contribution in [0.1, 0.15) is 49.1 Å². The standard InChI is InChI=1S/C28H32N2O5S/c1-4-19-10-13-22(14-11-19)36(33,34)30-26-23-16-21(12-15-24(23)35-28(2,3)27(26)32)17-25(31)29-18-20-8-6-5-7-9-20/h5-16,26-27,30,32H,4,17-18H2,1-3H3,(H,29,31). The van der Waals surface area contributed by atoms with Crippen molar-refractivity contribution in [1.82, 2.24) is 10.0 Å². The third-order valence-electron chi connectivity index (χ3n) is 6.43. The molecule has 0 bridgehead atoms. The Morgan fingerprint density at radius 3 is 2.31 bits per heavy atom. The summed E-state index contributed by atoms with van der Waals surface area (Å²) in [6.07, 6.45) is -0.246. The summed E-state index contributed by atoms with van der Waals surface area (Å²) in [5.41, 5.74) is 2.18. The van der Waals surface area contributed by atoms with Crippen molar-refractivity contribution in [3.8, 4) is 5.75 Å². The predicted molar refractivity (Wildman–Crippen MR) is 138 cm³/mol. The highest BCUT2D eigenvalue weighted by Crippen LogP contribution is 2.41. The van der Waals surface area contributed by atoms with Gasteiger partial charge in [-0.1, -0.05) is 55.5 Å². The summed E-state index contributed by atoms with van der Waals surface area (Å²) >= 11 is 0. The number of sulfonamides is 1. The molecule has 1 aliphatic heterocycles. The molecule has 3 aromatic carbocycles. The Morgan fingerprint density at radius 2 is 1.64 bits per heavy atom. The second-order valence-corrected chi connectivity index (χ2v) is 11.3. The molecule has 190 valence electrons. The van der Waals surface area contributed by atoms with Gasteiger partial charge in [0.15, 0.2) is 0 Å². The van der Waals surface area contributed by atoms with Crippen molar-refractivity contribution in [2.24, 2.45) is 0 Å². The largest absolute Gasteiger partial charge is 0.485 e. The molecule has 1 aliphatic rings. The molecule has 36 heavy (non-hydrogen) atoms. The van der Waals surface area contributed by atoms with Crippen LogP contribution >= 0.6 is 0 Å². The van der Waals surface area contributed by atoms with Gasteiger partial charge in [0.2, 0.25) is 15.9 Å². The SMILES string of the molecule is CCc1ccc(S(=O)(=O)NC2c3cc(CC(=O)NCc4ccccc4)ccc3OC(C)(C)C2O)cc1. The molecule has 1 heterocycles. The Hall–Kier alpha value is -3.20. The highest BCUT2D eigenvalue weighted by molar-refractivity contribution is 7.89. The average molecular weight is 509 g/mol. The highest BCUT2D eigenvalue weighted by Gasteiger charge is 2.44. The van der Waals surface area contributed by atoms with Crippen molar-refractivity contribution in [2.75, 3.05) is 0 Å². The van der Waals surface area contributed by atoms with Gasteiger partial charge in [0, 0.05) is 12.1 Å². The van der Waals surface area contributed by atoms with E-state index in [2.05, 4.69) is 10.0 Å². The number of ether oxygens (including phenoxy) is 1. The van der Waals surface area contributed by atoms with E-state index < -0.39 is 27.8 Å². The molecule has 0 saturated heterocycles. The summed E-state index contributed by atoms with van der Waals surface area (Å²) in [6.45, 7) is 5.84. The number of amides is 1. The van der Waals surface area contributed by atoms with E-state index >= 15 is 0 Å². The van der Waals surface area contributed by atoms with Gasteiger partial charge in [0.05, 0.1) is 17.4 Å². The smallest absolute Gasteiger partial charge is 0.241 e. The number of benzene rings is 3. The molecule has 0 radical (unpaired) electrons. The maximum atomic E-state index is 13.2. The molecular formula is C28H32N2O5S. The molecule has 1 amide bonds. The van der Waals surface area contributed by atoms with Gasteiger partial charge in [0.1, 0.15) is 17.5 Å². The van der Waals surface area contributed by atoms with Gasteiger partial charge in [-0.25, -0.2) is 13.1 Å². The first-order chi connectivity index (χ1) is 17.1. The Bertz CT molecular complexity index is 1320. The number of fused-ring (bicyclic) bond motifs is 1. The van der Waals surface area contributed by atoms with Crippen molar-refractivity contribution in [3.05, 3.63) is 95.1 Å². The van der Waals surface area contributed by atoms with Crippen LogP contribution in [0.2, 0.25) is 0 Å². The lowest BCUT2D eigenvalue weighted by atomic mass is 9.86. The van der Waals surface area contributed by atoms with E-state index in [1.807, 2.05) is 37.3 Å². The zero-order chi connectivity index (χ0) is 25.9. The summed E-state index contributed by atoms with van der Waals surface area (Å²) in [5, 5.41) is 14.0. The highest BCUT2D eigenvalue weighted by atomic mass is 32.2. The summed E-state index contributed by atoms with van der Waals surface area (Å²) in [7, 11) is -3.93. The first-order valence-corrected chi connectivity index (χ1v) is 13.5. The number of carbonyl (C=O) groups is 1. The van der Waals surface area contributed by atoms with Crippen molar-refractivity contribution in [2.45, 2.75) is 62.8 Å². The summed E-state index contributed by atoms with van der Waals surface area (Å²) in [4.78, 5) is 12.7. The van der Waals surface area contributed by atoms with Crippen LogP contribution in [-0.2, 0) is 34.2 Å². The molecule has 0 fully saturated rings. The van der Waals surface area contributed by atoms with E-state index in [0.717, 1.165) is 17.5 Å². The van der Waals surface area contributed by atoms with Crippen LogP contribution in [0.25, 0.3) is 0 Å². The van der Waals surface area contributed by atoms with Gasteiger partial charge in [-0.15, -0.1) is 0 Å². The number of rotatable bonds is 8. The van der Waals surface area contributed by atoms with Crippen molar-refractivity contribution >= 4 is 15.9 Å². The molecule has 2 unspecified atom stereocenters. The van der Waals surface area contributed by atoms with Crippen LogP contribution in [0.3, 0.4) is 0 Å². The minimum absolute atomic E-state index is 0.109. The fourth-order valence-electron chi connectivity index (χ4n) is 4.27. The lowest BCUT2D eigenvalue weighted by Crippen LogP contribution is -2.53. The van der Waals surface area contributed by atoms with Gasteiger partial charge in [-0.3, -0.25) is 4.79 Å². The first-order valence-electron chi connectivity index (χ1n) is 12.0. The molecule has 7 nitrogen and oxygen atoms in total. The van der Waals surface area contributed by atoms with Gasteiger partial charge >= 0.3 is 0 Å². The van der Waals surface area contributed by atoms with Gasteiger partial charge in [-0.05, 0) is 61.2 Å². The number of nitrogens with one attached hydrogen (secondary N) is 2. The van der Waals surface area contributed by atoms with Crippen molar-refractivity contribution in [1.29, 1.82) is 0 Å². The third-order valence-corrected chi connectivity index (χ3v) is 7.89.